The summed E-state index contributed by atoms with van der Waals surface area (Å²) in [5.41, 5.74) is 1.72. The maximum atomic E-state index is 12.4. The third-order valence-corrected chi connectivity index (χ3v) is 6.70. The van der Waals surface area contributed by atoms with Crippen LogP contribution >= 0.6 is 34.9 Å². The van der Waals surface area contributed by atoms with Crippen molar-refractivity contribution in [2.24, 2.45) is 0 Å². The number of carbonyl (C=O) groups excluding carboxylic acids is 1. The number of ether oxygens (including phenoxy) is 2. The fraction of sp³-hybridized carbons (Fsp3) is 0.222. The Labute approximate surface area is 163 Å². The molecule has 0 radical (unpaired) electrons. The summed E-state index contributed by atoms with van der Waals surface area (Å²) >= 11 is 4.61. The molecule has 0 saturated heterocycles. The highest BCUT2D eigenvalue weighted by atomic mass is 32.2. The predicted molar refractivity (Wildman–Crippen MR) is 108 cm³/mol. The van der Waals surface area contributed by atoms with E-state index in [0.29, 0.717) is 24.7 Å². The normalized spacial score (nSPS) is 13.0. The second-order valence-electron chi connectivity index (χ2n) is 5.48. The maximum absolute atomic E-state index is 12.4. The number of rotatable bonds is 5. The molecule has 3 aromatic rings. The summed E-state index contributed by atoms with van der Waals surface area (Å²) in [4.78, 5) is 17.9. The molecule has 5 nitrogen and oxygen atoms in total. The smallest absolute Gasteiger partial charge is 0.234 e. The van der Waals surface area contributed by atoms with E-state index in [1.54, 1.807) is 23.1 Å². The van der Waals surface area contributed by atoms with Gasteiger partial charge in [-0.05, 0) is 24.5 Å². The van der Waals surface area contributed by atoms with Gasteiger partial charge in [0.1, 0.15) is 13.2 Å². The molecule has 0 spiro atoms. The van der Waals surface area contributed by atoms with Gasteiger partial charge in [-0.25, -0.2) is 4.98 Å². The summed E-state index contributed by atoms with van der Waals surface area (Å²) in [7, 11) is 0. The van der Waals surface area contributed by atoms with Crippen molar-refractivity contribution >= 4 is 56.7 Å². The Bertz CT molecular complexity index is 925. The van der Waals surface area contributed by atoms with Crippen molar-refractivity contribution in [1.29, 1.82) is 0 Å². The first-order valence-corrected chi connectivity index (χ1v) is 11.0. The van der Waals surface area contributed by atoms with Crippen molar-refractivity contribution in [3.63, 3.8) is 0 Å². The van der Waals surface area contributed by atoms with Crippen LogP contribution in [0, 0.1) is 0 Å². The molecule has 134 valence electrons. The average Bonchev–Trinajstić information content (AvgIpc) is 3.09. The molecule has 1 amide bonds. The van der Waals surface area contributed by atoms with E-state index in [-0.39, 0.29) is 5.91 Å². The van der Waals surface area contributed by atoms with Crippen LogP contribution in [0.15, 0.2) is 45.6 Å². The van der Waals surface area contributed by atoms with Crippen molar-refractivity contribution in [3.05, 3.63) is 36.4 Å². The van der Waals surface area contributed by atoms with Gasteiger partial charge in [0, 0.05) is 11.0 Å². The summed E-state index contributed by atoms with van der Waals surface area (Å²) in [5.74, 6) is 1.63. The zero-order valence-corrected chi connectivity index (χ0v) is 16.4. The van der Waals surface area contributed by atoms with Gasteiger partial charge in [0.2, 0.25) is 5.91 Å². The third-order valence-electron chi connectivity index (χ3n) is 3.74. The molecule has 1 N–H and O–H groups in total. The van der Waals surface area contributed by atoms with Crippen LogP contribution in [0.1, 0.15) is 0 Å². The molecule has 1 aliphatic heterocycles. The van der Waals surface area contributed by atoms with Gasteiger partial charge in [-0.3, -0.25) is 4.79 Å². The minimum atomic E-state index is -0.0683. The van der Waals surface area contributed by atoms with E-state index in [1.807, 2.05) is 42.7 Å². The van der Waals surface area contributed by atoms with Crippen molar-refractivity contribution in [1.82, 2.24) is 4.98 Å². The van der Waals surface area contributed by atoms with E-state index in [2.05, 4.69) is 10.3 Å². The van der Waals surface area contributed by atoms with Crippen LogP contribution in [0.3, 0.4) is 0 Å². The molecule has 0 atom stereocenters. The largest absolute Gasteiger partial charge is 0.486 e. The Morgan fingerprint density at radius 1 is 1.23 bits per heavy atom. The van der Waals surface area contributed by atoms with Gasteiger partial charge in [0.05, 0.1) is 21.7 Å². The quantitative estimate of drug-likeness (QED) is 0.631. The van der Waals surface area contributed by atoms with Gasteiger partial charge in [-0.1, -0.05) is 23.9 Å². The van der Waals surface area contributed by atoms with Gasteiger partial charge >= 0.3 is 0 Å². The highest BCUT2D eigenvalue weighted by Gasteiger charge is 2.17. The molecule has 0 saturated carbocycles. The Balaban J connectivity index is 1.44. The molecule has 26 heavy (non-hydrogen) atoms. The summed E-state index contributed by atoms with van der Waals surface area (Å²) in [6.45, 7) is 1.07. The van der Waals surface area contributed by atoms with Crippen molar-refractivity contribution in [2.75, 3.05) is 30.5 Å². The lowest BCUT2D eigenvalue weighted by Gasteiger charge is -2.20. The van der Waals surface area contributed by atoms with Crippen molar-refractivity contribution < 1.29 is 14.3 Å². The molecule has 1 aliphatic rings. The van der Waals surface area contributed by atoms with Crippen LogP contribution < -0.4 is 14.8 Å². The van der Waals surface area contributed by atoms with Crippen molar-refractivity contribution in [2.45, 2.75) is 9.24 Å². The number of amides is 1. The van der Waals surface area contributed by atoms with Crippen LogP contribution in [-0.2, 0) is 4.79 Å². The number of para-hydroxylation sites is 1. The minimum Gasteiger partial charge on any atom is -0.486 e. The first kappa shape index (κ1) is 17.5. The lowest BCUT2D eigenvalue weighted by atomic mass is 10.2. The molecule has 0 unspecified atom stereocenters. The van der Waals surface area contributed by atoms with Gasteiger partial charge < -0.3 is 14.8 Å². The van der Waals surface area contributed by atoms with E-state index in [0.717, 1.165) is 30.9 Å². The number of aromatic nitrogens is 1. The standard InChI is InChI=1S/C18H16N2O3S3/c1-24-16-9-14-13(22-6-7-23-14)8-12(16)19-17(21)10-25-18-20-11-4-2-3-5-15(11)26-18/h2-5,8-9H,6-7,10H2,1H3,(H,19,21). The monoisotopic (exact) mass is 404 g/mol. The molecule has 8 heteroatoms. The summed E-state index contributed by atoms with van der Waals surface area (Å²) in [5, 5.41) is 2.98. The topological polar surface area (TPSA) is 60.5 Å². The third kappa shape index (κ3) is 3.77. The fourth-order valence-electron chi connectivity index (χ4n) is 2.56. The number of thioether (sulfide) groups is 2. The molecular formula is C18H16N2O3S3. The van der Waals surface area contributed by atoms with Crippen molar-refractivity contribution in [3.8, 4) is 11.5 Å². The van der Waals surface area contributed by atoms with Crippen LogP contribution in [0.5, 0.6) is 11.5 Å². The number of benzene rings is 2. The SMILES string of the molecule is CSc1cc2c(cc1NC(=O)CSc1nc3ccccc3s1)OCCO2. The molecular weight excluding hydrogens is 388 g/mol. The molecule has 0 aliphatic carbocycles. The van der Waals surface area contributed by atoms with Crippen LogP contribution in [0.25, 0.3) is 10.2 Å². The zero-order chi connectivity index (χ0) is 17.9. The fourth-order valence-corrected chi connectivity index (χ4v) is 4.99. The highest BCUT2D eigenvalue weighted by Crippen LogP contribution is 2.39. The summed E-state index contributed by atoms with van der Waals surface area (Å²) in [6.07, 6.45) is 1.97. The first-order chi connectivity index (χ1) is 12.7. The van der Waals surface area contributed by atoms with Crippen LogP contribution in [-0.4, -0.2) is 36.1 Å². The zero-order valence-electron chi connectivity index (χ0n) is 14.0. The average molecular weight is 405 g/mol. The van der Waals surface area contributed by atoms with E-state index >= 15 is 0 Å². The van der Waals surface area contributed by atoms with E-state index < -0.39 is 0 Å². The molecule has 0 bridgehead atoms. The first-order valence-electron chi connectivity index (χ1n) is 7.99. The molecule has 4 rings (SSSR count). The maximum Gasteiger partial charge on any atom is 0.234 e. The number of nitrogens with one attached hydrogen (secondary N) is 1. The molecule has 2 aromatic carbocycles. The number of hydrogen-bond donors (Lipinski definition) is 1. The number of hydrogen-bond acceptors (Lipinski definition) is 7. The number of anilines is 1. The molecule has 2 heterocycles. The van der Waals surface area contributed by atoms with Gasteiger partial charge in [0.15, 0.2) is 15.8 Å². The van der Waals surface area contributed by atoms with Crippen LogP contribution in [0.4, 0.5) is 5.69 Å². The van der Waals surface area contributed by atoms with E-state index in [4.69, 9.17) is 9.47 Å². The second-order valence-corrected chi connectivity index (χ2v) is 8.58. The minimum absolute atomic E-state index is 0.0683. The number of thiazole rings is 1. The molecule has 1 aromatic heterocycles. The van der Waals surface area contributed by atoms with Gasteiger partial charge in [-0.2, -0.15) is 0 Å². The van der Waals surface area contributed by atoms with E-state index in [9.17, 15) is 4.79 Å². The Hall–Kier alpha value is -1.90. The summed E-state index contributed by atoms with van der Waals surface area (Å²) < 4.78 is 13.2. The Morgan fingerprint density at radius 2 is 2.00 bits per heavy atom. The number of nitrogens with zero attached hydrogens (tertiary/aromatic N) is 1. The molecule has 0 fully saturated rings. The second kappa shape index (κ2) is 7.77. The highest BCUT2D eigenvalue weighted by molar-refractivity contribution is 8.01. The summed E-state index contributed by atoms with van der Waals surface area (Å²) in [6, 6.07) is 11.7. The predicted octanol–water partition coefficient (Wildman–Crippen LogP) is 4.52. The Morgan fingerprint density at radius 3 is 2.77 bits per heavy atom. The lowest BCUT2D eigenvalue weighted by molar-refractivity contribution is -0.113. The Kier molecular flexibility index (Phi) is 5.23. The van der Waals surface area contributed by atoms with E-state index in [1.165, 1.54) is 11.8 Å². The van der Waals surface area contributed by atoms with Crippen LogP contribution in [0.2, 0.25) is 0 Å². The number of carbonyl (C=O) groups is 1. The number of fused-ring (bicyclic) bond motifs is 2. The lowest BCUT2D eigenvalue weighted by Crippen LogP contribution is -2.18. The van der Waals surface area contributed by atoms with Gasteiger partial charge in [0.25, 0.3) is 0 Å². The van der Waals surface area contributed by atoms with Gasteiger partial charge in [-0.15, -0.1) is 23.1 Å².